The van der Waals surface area contributed by atoms with Crippen molar-refractivity contribution in [2.45, 2.75) is 25.4 Å². The lowest BCUT2D eigenvalue weighted by molar-refractivity contribution is 0.0912. The summed E-state index contributed by atoms with van der Waals surface area (Å²) in [5.41, 5.74) is 0.632. The van der Waals surface area contributed by atoms with Gasteiger partial charge < -0.3 is 10.3 Å². The second-order valence-electron chi connectivity index (χ2n) is 6.53. The lowest BCUT2D eigenvalue weighted by atomic mass is 10.0. The molecule has 0 radical (unpaired) electrons. The summed E-state index contributed by atoms with van der Waals surface area (Å²) in [7, 11) is 0. The Morgan fingerprint density at radius 1 is 1.23 bits per heavy atom. The maximum atomic E-state index is 12.2. The van der Waals surface area contributed by atoms with Gasteiger partial charge in [0.2, 0.25) is 0 Å². The standard InChI is InChI=1S/C19H20N4O2S/c24-18-14-4-1-2-5-15(14)21-17(22-18)12-23-9-7-13(8-10-23)20-19(25)16-6-3-11-26-16/h1-6,11,13H,7-10,12H2,(H,20,25)(H,21,22,24). The average Bonchev–Trinajstić information content (AvgIpc) is 3.18. The molecule has 1 amide bonds. The molecule has 4 rings (SSSR count). The molecule has 0 bridgehead atoms. The van der Waals surface area contributed by atoms with Crippen molar-refractivity contribution >= 4 is 28.1 Å². The number of nitrogens with one attached hydrogen (secondary N) is 2. The van der Waals surface area contributed by atoms with E-state index in [9.17, 15) is 9.59 Å². The first-order valence-electron chi connectivity index (χ1n) is 8.74. The zero-order valence-corrected chi connectivity index (χ0v) is 15.1. The summed E-state index contributed by atoms with van der Waals surface area (Å²) in [6.07, 6.45) is 1.80. The number of carbonyl (C=O) groups excluding carboxylic acids is 1. The third kappa shape index (κ3) is 3.68. The van der Waals surface area contributed by atoms with Gasteiger partial charge in [-0.05, 0) is 36.4 Å². The number of thiophene rings is 1. The van der Waals surface area contributed by atoms with Crippen molar-refractivity contribution in [1.29, 1.82) is 0 Å². The summed E-state index contributed by atoms with van der Waals surface area (Å²) in [4.78, 5) is 34.8. The molecule has 1 aromatic carbocycles. The number of piperidine rings is 1. The van der Waals surface area contributed by atoms with Gasteiger partial charge in [-0.3, -0.25) is 14.5 Å². The molecular weight excluding hydrogens is 348 g/mol. The molecule has 1 fully saturated rings. The highest BCUT2D eigenvalue weighted by atomic mass is 32.1. The monoisotopic (exact) mass is 368 g/mol. The highest BCUT2D eigenvalue weighted by Crippen LogP contribution is 2.15. The molecule has 0 unspecified atom stereocenters. The van der Waals surface area contributed by atoms with Crippen LogP contribution in [0.4, 0.5) is 0 Å². The van der Waals surface area contributed by atoms with Crippen LogP contribution in [0.5, 0.6) is 0 Å². The Hall–Kier alpha value is -2.51. The molecule has 2 aromatic heterocycles. The Kier molecular flexibility index (Phi) is 4.81. The van der Waals surface area contributed by atoms with E-state index in [1.54, 1.807) is 6.07 Å². The van der Waals surface area contributed by atoms with Gasteiger partial charge in [0, 0.05) is 19.1 Å². The number of nitrogens with zero attached hydrogens (tertiary/aromatic N) is 2. The molecule has 0 atom stereocenters. The molecule has 1 saturated heterocycles. The number of H-pyrrole nitrogens is 1. The summed E-state index contributed by atoms with van der Waals surface area (Å²) in [6.45, 7) is 2.35. The lowest BCUT2D eigenvalue weighted by Gasteiger charge is -2.31. The van der Waals surface area contributed by atoms with Crippen LogP contribution >= 0.6 is 11.3 Å². The molecule has 3 heterocycles. The molecule has 134 valence electrons. The maximum absolute atomic E-state index is 12.2. The van der Waals surface area contributed by atoms with Crippen molar-refractivity contribution in [3.05, 3.63) is 62.8 Å². The van der Waals surface area contributed by atoms with E-state index < -0.39 is 0 Å². The molecule has 0 aliphatic carbocycles. The van der Waals surface area contributed by atoms with Crippen molar-refractivity contribution in [1.82, 2.24) is 20.2 Å². The second-order valence-corrected chi connectivity index (χ2v) is 7.48. The summed E-state index contributed by atoms with van der Waals surface area (Å²) in [6, 6.07) is 11.3. The van der Waals surface area contributed by atoms with Crippen LogP contribution < -0.4 is 10.9 Å². The van der Waals surface area contributed by atoms with Crippen LogP contribution in [0.1, 0.15) is 28.3 Å². The number of carbonyl (C=O) groups is 1. The fraction of sp³-hybridized carbons (Fsp3) is 0.316. The van der Waals surface area contributed by atoms with Gasteiger partial charge in [-0.15, -0.1) is 11.3 Å². The highest BCUT2D eigenvalue weighted by Gasteiger charge is 2.22. The van der Waals surface area contributed by atoms with Gasteiger partial charge in [-0.25, -0.2) is 4.98 Å². The van der Waals surface area contributed by atoms with Gasteiger partial charge in [0.25, 0.3) is 11.5 Å². The average molecular weight is 368 g/mol. The fourth-order valence-electron chi connectivity index (χ4n) is 3.32. The van der Waals surface area contributed by atoms with Crippen LogP contribution in [0.25, 0.3) is 10.9 Å². The summed E-state index contributed by atoms with van der Waals surface area (Å²) >= 11 is 1.46. The Morgan fingerprint density at radius 2 is 2.04 bits per heavy atom. The smallest absolute Gasteiger partial charge is 0.261 e. The lowest BCUT2D eigenvalue weighted by Crippen LogP contribution is -2.44. The van der Waals surface area contributed by atoms with Crippen molar-refractivity contribution in [2.75, 3.05) is 13.1 Å². The van der Waals surface area contributed by atoms with Crippen molar-refractivity contribution < 1.29 is 4.79 Å². The number of aromatic amines is 1. The summed E-state index contributed by atoms with van der Waals surface area (Å²) in [5, 5.41) is 5.64. The molecule has 3 aromatic rings. The van der Waals surface area contributed by atoms with Gasteiger partial charge in [-0.1, -0.05) is 18.2 Å². The fourth-order valence-corrected chi connectivity index (χ4v) is 3.95. The Bertz CT molecular complexity index is 959. The van der Waals surface area contributed by atoms with Gasteiger partial charge in [0.1, 0.15) is 5.82 Å². The topological polar surface area (TPSA) is 78.1 Å². The number of hydrogen-bond acceptors (Lipinski definition) is 5. The van der Waals surface area contributed by atoms with Crippen LogP contribution in [0.15, 0.2) is 46.6 Å². The number of aromatic nitrogens is 2. The molecular formula is C19H20N4O2S. The van der Waals surface area contributed by atoms with Crippen molar-refractivity contribution in [3.63, 3.8) is 0 Å². The third-order valence-corrected chi connectivity index (χ3v) is 5.57. The van der Waals surface area contributed by atoms with Gasteiger partial charge in [0.05, 0.1) is 22.3 Å². The molecule has 0 spiro atoms. The van der Waals surface area contributed by atoms with Crippen LogP contribution in [0.3, 0.4) is 0 Å². The number of benzene rings is 1. The van der Waals surface area contributed by atoms with Crippen molar-refractivity contribution in [3.8, 4) is 0 Å². The minimum Gasteiger partial charge on any atom is -0.349 e. The summed E-state index contributed by atoms with van der Waals surface area (Å²) in [5.74, 6) is 0.703. The molecule has 1 aliphatic heterocycles. The third-order valence-electron chi connectivity index (χ3n) is 4.70. The molecule has 0 saturated carbocycles. The number of rotatable bonds is 4. The molecule has 6 nitrogen and oxygen atoms in total. The van der Waals surface area contributed by atoms with Gasteiger partial charge in [-0.2, -0.15) is 0 Å². The largest absolute Gasteiger partial charge is 0.349 e. The zero-order valence-electron chi connectivity index (χ0n) is 14.3. The predicted molar refractivity (Wildman–Crippen MR) is 102 cm³/mol. The Labute approximate surface area is 154 Å². The van der Waals surface area contributed by atoms with E-state index in [1.807, 2.05) is 35.7 Å². The minimum atomic E-state index is -0.0938. The maximum Gasteiger partial charge on any atom is 0.261 e. The van der Waals surface area contributed by atoms with E-state index in [4.69, 9.17) is 0 Å². The Balaban J connectivity index is 1.35. The number of amides is 1. The van der Waals surface area contributed by atoms with Gasteiger partial charge >= 0.3 is 0 Å². The number of hydrogen-bond donors (Lipinski definition) is 2. The Morgan fingerprint density at radius 3 is 2.81 bits per heavy atom. The quantitative estimate of drug-likeness (QED) is 0.741. The van der Waals surface area contributed by atoms with Crippen molar-refractivity contribution in [2.24, 2.45) is 0 Å². The first-order chi connectivity index (χ1) is 12.7. The van der Waals surface area contributed by atoms with E-state index >= 15 is 0 Å². The molecule has 1 aliphatic rings. The number of likely N-dealkylation sites (tertiary alicyclic amines) is 1. The van der Waals surface area contributed by atoms with E-state index in [2.05, 4.69) is 20.2 Å². The second kappa shape index (κ2) is 7.39. The van der Waals surface area contributed by atoms with Crippen LogP contribution in [0, 0.1) is 0 Å². The first-order valence-corrected chi connectivity index (χ1v) is 9.62. The number of fused-ring (bicyclic) bond motifs is 1. The zero-order chi connectivity index (χ0) is 17.9. The molecule has 7 heteroatoms. The SMILES string of the molecule is O=C(NC1CCN(Cc2nc3ccccc3c(=O)[nH]2)CC1)c1cccs1. The summed E-state index contributed by atoms with van der Waals surface area (Å²) < 4.78 is 0. The van der Waals surface area contributed by atoms with E-state index in [1.165, 1.54) is 11.3 Å². The number of para-hydroxylation sites is 1. The predicted octanol–water partition coefficient (Wildman–Crippen LogP) is 2.38. The van der Waals surface area contributed by atoms with Crippen LogP contribution in [-0.2, 0) is 6.54 Å². The first kappa shape index (κ1) is 16.9. The van der Waals surface area contributed by atoms with E-state index in [-0.39, 0.29) is 17.5 Å². The van der Waals surface area contributed by atoms with E-state index in [0.29, 0.717) is 17.8 Å². The molecule has 2 N–H and O–H groups in total. The normalized spacial score (nSPS) is 16.0. The molecule has 26 heavy (non-hydrogen) atoms. The minimum absolute atomic E-state index is 0.0129. The van der Waals surface area contributed by atoms with E-state index in [0.717, 1.165) is 36.3 Å². The van der Waals surface area contributed by atoms with Gasteiger partial charge in [0.15, 0.2) is 0 Å². The highest BCUT2D eigenvalue weighted by molar-refractivity contribution is 7.12. The van der Waals surface area contributed by atoms with Crippen LogP contribution in [0.2, 0.25) is 0 Å². The van der Waals surface area contributed by atoms with Crippen LogP contribution in [-0.4, -0.2) is 39.9 Å².